The van der Waals surface area contributed by atoms with Crippen LogP contribution in [0.5, 0.6) is 0 Å². The fraction of sp³-hybridized carbons (Fsp3) is 0.375. The molecule has 0 saturated heterocycles. The van der Waals surface area contributed by atoms with Crippen molar-refractivity contribution in [1.29, 1.82) is 0 Å². The van der Waals surface area contributed by atoms with E-state index >= 15 is 0 Å². The molecule has 0 aliphatic rings. The number of halogens is 4. The summed E-state index contributed by atoms with van der Waals surface area (Å²) in [4.78, 5) is 9.66. The molecule has 0 aliphatic heterocycles. The predicted octanol–water partition coefficient (Wildman–Crippen LogP) is 4.30. The van der Waals surface area contributed by atoms with Gasteiger partial charge in [-0.05, 0) is 12.5 Å². The molecule has 1 heterocycles. The monoisotopic (exact) mass is 484 g/mol. The molecule has 0 aliphatic carbocycles. The van der Waals surface area contributed by atoms with E-state index < -0.39 is 11.9 Å². The Kier molecular flexibility index (Phi) is 8.13. The van der Waals surface area contributed by atoms with Crippen LogP contribution in [0.25, 0.3) is 0 Å². The summed E-state index contributed by atoms with van der Waals surface area (Å²) in [7, 11) is 3.51. The molecule has 0 unspecified atom stereocenters. The van der Waals surface area contributed by atoms with Gasteiger partial charge in [0.05, 0.1) is 6.54 Å². The number of aliphatic imine (C=N–C) groups is 1. The van der Waals surface area contributed by atoms with Gasteiger partial charge in [0.15, 0.2) is 11.7 Å². The minimum Gasteiger partial charge on any atom is -0.350 e. The second-order valence-corrected chi connectivity index (χ2v) is 6.31. The lowest BCUT2D eigenvalue weighted by atomic mass is 10.1. The Morgan fingerprint density at radius 1 is 1.28 bits per heavy atom. The number of aryl methyl sites for hydroxylation is 1. The maximum absolute atomic E-state index is 12.6. The van der Waals surface area contributed by atoms with Gasteiger partial charge in [0.1, 0.15) is 5.01 Å². The van der Waals surface area contributed by atoms with Crippen molar-refractivity contribution >= 4 is 41.3 Å². The second kappa shape index (κ2) is 9.37. The molecule has 2 aromatic rings. The maximum Gasteiger partial charge on any atom is 0.434 e. The molecule has 25 heavy (non-hydrogen) atoms. The van der Waals surface area contributed by atoms with Gasteiger partial charge in [-0.3, -0.25) is 4.99 Å². The minimum atomic E-state index is -4.40. The van der Waals surface area contributed by atoms with Gasteiger partial charge in [0, 0.05) is 26.0 Å². The summed E-state index contributed by atoms with van der Waals surface area (Å²) in [6, 6.07) is 8.15. The molecule has 0 bridgehead atoms. The van der Waals surface area contributed by atoms with Gasteiger partial charge in [0.2, 0.25) is 0 Å². The van der Waals surface area contributed by atoms with E-state index in [1.54, 1.807) is 7.05 Å². The summed E-state index contributed by atoms with van der Waals surface area (Å²) in [5.74, 6) is 0.597. The number of benzene rings is 1. The number of alkyl halides is 3. The smallest absolute Gasteiger partial charge is 0.350 e. The topological polar surface area (TPSA) is 40.5 Å². The van der Waals surface area contributed by atoms with Crippen molar-refractivity contribution in [3.8, 4) is 0 Å². The first kappa shape index (κ1) is 21.7. The minimum absolute atomic E-state index is 0. The Labute approximate surface area is 166 Å². The number of aromatic nitrogens is 1. The Morgan fingerprint density at radius 2 is 1.92 bits per heavy atom. The molecule has 1 aromatic carbocycles. The van der Waals surface area contributed by atoms with Crippen LogP contribution < -0.4 is 5.32 Å². The number of nitrogens with one attached hydrogen (secondary N) is 1. The third-order valence-electron chi connectivity index (χ3n) is 3.35. The van der Waals surface area contributed by atoms with Crippen LogP contribution in [0.3, 0.4) is 0 Å². The quantitative estimate of drug-likeness (QED) is 0.400. The number of hydrogen-bond donors (Lipinski definition) is 1. The van der Waals surface area contributed by atoms with Gasteiger partial charge >= 0.3 is 6.18 Å². The van der Waals surface area contributed by atoms with E-state index in [0.29, 0.717) is 17.5 Å². The zero-order chi connectivity index (χ0) is 17.7. The number of nitrogens with zero attached hydrogens (tertiary/aromatic N) is 3. The lowest BCUT2D eigenvalue weighted by Crippen LogP contribution is -2.38. The van der Waals surface area contributed by atoms with E-state index in [0.717, 1.165) is 22.3 Å². The summed E-state index contributed by atoms with van der Waals surface area (Å²) in [6.07, 6.45) is -4.40. The standard InChI is InChI=1S/C16H19F3N4S.HI/c1-11-4-6-12(7-5-11)9-23(3)15(20-2)21-8-14-22-13(10-24-14)16(17,18)19;/h4-7,10H,8-9H2,1-3H3,(H,20,21);1H. The van der Waals surface area contributed by atoms with Crippen molar-refractivity contribution in [2.24, 2.45) is 4.99 Å². The van der Waals surface area contributed by atoms with Crippen LogP contribution in [-0.4, -0.2) is 29.9 Å². The molecule has 1 aromatic heterocycles. The van der Waals surface area contributed by atoms with E-state index in [4.69, 9.17) is 0 Å². The SMILES string of the molecule is CN=C(NCc1nc(C(F)(F)F)cs1)N(C)Cc1ccc(C)cc1.I. The van der Waals surface area contributed by atoms with Crippen molar-refractivity contribution in [2.75, 3.05) is 14.1 Å². The molecule has 1 N–H and O–H groups in total. The Balaban J connectivity index is 0.00000312. The molecule has 0 fully saturated rings. The number of guanidine groups is 1. The highest BCUT2D eigenvalue weighted by Gasteiger charge is 2.33. The van der Waals surface area contributed by atoms with Crippen LogP contribution in [0, 0.1) is 6.92 Å². The normalized spacial score (nSPS) is 11.8. The molecule has 0 amide bonds. The number of thiazole rings is 1. The molecule has 0 atom stereocenters. The number of rotatable bonds is 4. The second-order valence-electron chi connectivity index (χ2n) is 5.37. The predicted molar refractivity (Wildman–Crippen MR) is 105 cm³/mol. The van der Waals surface area contributed by atoms with Crippen molar-refractivity contribution < 1.29 is 13.2 Å². The molecule has 4 nitrogen and oxygen atoms in total. The third kappa shape index (κ3) is 6.46. The Bertz CT molecular complexity index is 698. The largest absolute Gasteiger partial charge is 0.434 e. The molecule has 0 radical (unpaired) electrons. The first-order valence-corrected chi connectivity index (χ1v) is 8.16. The van der Waals surface area contributed by atoms with Crippen LogP contribution in [0.15, 0.2) is 34.6 Å². The zero-order valence-electron chi connectivity index (χ0n) is 14.1. The van der Waals surface area contributed by atoms with Gasteiger partial charge in [0.25, 0.3) is 0 Å². The summed E-state index contributed by atoms with van der Waals surface area (Å²) in [5.41, 5.74) is 1.46. The van der Waals surface area contributed by atoms with Crippen LogP contribution in [0.2, 0.25) is 0 Å². The lowest BCUT2D eigenvalue weighted by Gasteiger charge is -2.22. The maximum atomic E-state index is 12.6. The fourth-order valence-electron chi connectivity index (χ4n) is 2.10. The Hall–Kier alpha value is -1.36. The van der Waals surface area contributed by atoms with Gasteiger partial charge in [-0.15, -0.1) is 35.3 Å². The van der Waals surface area contributed by atoms with Crippen molar-refractivity contribution in [1.82, 2.24) is 15.2 Å². The zero-order valence-corrected chi connectivity index (χ0v) is 17.2. The highest BCUT2D eigenvalue weighted by molar-refractivity contribution is 14.0. The van der Waals surface area contributed by atoms with Crippen molar-refractivity contribution in [3.05, 3.63) is 51.5 Å². The molecule has 2 rings (SSSR count). The lowest BCUT2D eigenvalue weighted by molar-refractivity contribution is -0.140. The highest BCUT2D eigenvalue weighted by Crippen LogP contribution is 2.29. The number of hydrogen-bond acceptors (Lipinski definition) is 3. The highest BCUT2D eigenvalue weighted by atomic mass is 127. The molecule has 138 valence electrons. The Morgan fingerprint density at radius 3 is 2.44 bits per heavy atom. The first-order valence-electron chi connectivity index (χ1n) is 7.28. The molecule has 9 heteroatoms. The summed E-state index contributed by atoms with van der Waals surface area (Å²) < 4.78 is 37.7. The molecular formula is C16H20F3IN4S. The third-order valence-corrected chi connectivity index (χ3v) is 4.20. The van der Waals surface area contributed by atoms with Crippen LogP contribution in [-0.2, 0) is 19.3 Å². The van der Waals surface area contributed by atoms with E-state index in [1.165, 1.54) is 5.56 Å². The summed E-state index contributed by atoms with van der Waals surface area (Å²) in [5, 5.41) is 4.43. The first-order chi connectivity index (χ1) is 11.3. The summed E-state index contributed by atoms with van der Waals surface area (Å²) >= 11 is 0.979. The van der Waals surface area contributed by atoms with Crippen LogP contribution in [0.1, 0.15) is 21.8 Å². The van der Waals surface area contributed by atoms with Gasteiger partial charge in [-0.2, -0.15) is 13.2 Å². The van der Waals surface area contributed by atoms with E-state index in [2.05, 4.69) is 15.3 Å². The van der Waals surface area contributed by atoms with Gasteiger partial charge < -0.3 is 10.2 Å². The van der Waals surface area contributed by atoms with Crippen LogP contribution in [0.4, 0.5) is 13.2 Å². The average molecular weight is 484 g/mol. The molecular weight excluding hydrogens is 464 g/mol. The van der Waals surface area contributed by atoms with Crippen LogP contribution >= 0.6 is 35.3 Å². The van der Waals surface area contributed by atoms with Crippen molar-refractivity contribution in [2.45, 2.75) is 26.2 Å². The van der Waals surface area contributed by atoms with Crippen molar-refractivity contribution in [3.63, 3.8) is 0 Å². The fourth-order valence-corrected chi connectivity index (χ4v) is 2.84. The summed E-state index contributed by atoms with van der Waals surface area (Å²) in [6.45, 7) is 2.87. The van der Waals surface area contributed by atoms with E-state index in [1.807, 2.05) is 43.1 Å². The average Bonchev–Trinajstić information content (AvgIpc) is 2.99. The molecule has 0 saturated carbocycles. The van der Waals surface area contributed by atoms with Gasteiger partial charge in [-0.1, -0.05) is 29.8 Å². The van der Waals surface area contributed by atoms with E-state index in [-0.39, 0.29) is 30.5 Å². The van der Waals surface area contributed by atoms with Gasteiger partial charge in [-0.25, -0.2) is 4.98 Å². The van der Waals surface area contributed by atoms with E-state index in [9.17, 15) is 13.2 Å². The molecule has 0 spiro atoms.